The number of sulfone groups is 1. The molecule has 0 saturated heterocycles. The Bertz CT molecular complexity index is 1630. The van der Waals surface area contributed by atoms with Crippen molar-refractivity contribution in [2.45, 2.75) is 80.6 Å². The number of hydrogen-bond donors (Lipinski definition) is 3. The number of ether oxygens (including phenoxy) is 1. The van der Waals surface area contributed by atoms with E-state index in [1.54, 1.807) is 23.6 Å². The van der Waals surface area contributed by atoms with E-state index < -0.39 is 9.84 Å². The van der Waals surface area contributed by atoms with Gasteiger partial charge in [-0.05, 0) is 76.6 Å². The van der Waals surface area contributed by atoms with Crippen molar-refractivity contribution >= 4 is 49.7 Å². The lowest BCUT2D eigenvalue weighted by Gasteiger charge is -2.28. The summed E-state index contributed by atoms with van der Waals surface area (Å²) in [5.41, 5.74) is 2.27. The van der Waals surface area contributed by atoms with Gasteiger partial charge in [0.05, 0.1) is 31.7 Å². The van der Waals surface area contributed by atoms with Crippen LogP contribution in [-0.4, -0.2) is 47.1 Å². The molecule has 0 unspecified atom stereocenters. The Morgan fingerprint density at radius 3 is 2.60 bits per heavy atom. The van der Waals surface area contributed by atoms with Gasteiger partial charge >= 0.3 is 6.09 Å². The zero-order valence-corrected chi connectivity index (χ0v) is 24.1. The van der Waals surface area contributed by atoms with Crippen molar-refractivity contribution in [1.29, 1.82) is 0 Å². The number of nitrogens with one attached hydrogen (secondary N) is 3. The molecule has 0 bridgehead atoms. The summed E-state index contributed by atoms with van der Waals surface area (Å²) >= 11 is 1.57. The first-order valence-electron chi connectivity index (χ1n) is 13.8. The van der Waals surface area contributed by atoms with Gasteiger partial charge in [0.25, 0.3) is 0 Å². The Balaban J connectivity index is 1.22. The van der Waals surface area contributed by atoms with Gasteiger partial charge < -0.3 is 15.4 Å². The number of fused-ring (bicyclic) bond motifs is 1. The first-order chi connectivity index (χ1) is 19.3. The molecule has 2 saturated carbocycles. The van der Waals surface area contributed by atoms with Crippen LogP contribution in [0.5, 0.6) is 0 Å². The summed E-state index contributed by atoms with van der Waals surface area (Å²) < 4.78 is 32.3. The quantitative estimate of drug-likeness (QED) is 0.217. The van der Waals surface area contributed by atoms with Crippen LogP contribution in [0.3, 0.4) is 0 Å². The fraction of sp³-hybridized carbons (Fsp3) is 0.414. The fourth-order valence-corrected chi connectivity index (χ4v) is 8.38. The Labute approximate surface area is 237 Å². The number of aromatic amines is 1. The number of aromatic nitrogens is 3. The first-order valence-corrected chi connectivity index (χ1v) is 16.2. The summed E-state index contributed by atoms with van der Waals surface area (Å²) in [4.78, 5) is 17.9. The van der Waals surface area contributed by atoms with E-state index >= 15 is 0 Å². The molecule has 210 valence electrons. The number of anilines is 2. The average molecular weight is 580 g/mol. The van der Waals surface area contributed by atoms with E-state index in [2.05, 4.69) is 20.8 Å². The number of carbonyl (C=O) groups is 1. The number of benzene rings is 2. The van der Waals surface area contributed by atoms with Gasteiger partial charge in [0, 0.05) is 34.8 Å². The summed E-state index contributed by atoms with van der Waals surface area (Å²) in [6.45, 7) is 3.67. The molecule has 2 fully saturated rings. The molecule has 2 aromatic carbocycles. The SMILES string of the molecule is CC(C)OC(=O)NC1CCC(c2ncc(-c3ccc(Nc4n[nH]c5ccccc45)cc3S(=O)(=O)C3CC3)s2)CC1. The molecule has 2 aliphatic rings. The zero-order valence-electron chi connectivity index (χ0n) is 22.5. The molecule has 11 heteroatoms. The second-order valence-corrected chi connectivity index (χ2v) is 14.2. The summed E-state index contributed by atoms with van der Waals surface area (Å²) in [5, 5.41) is 15.3. The fourth-order valence-electron chi connectivity index (χ4n) is 5.29. The molecule has 4 aromatic rings. The second kappa shape index (κ2) is 10.9. The van der Waals surface area contributed by atoms with Gasteiger partial charge in [-0.1, -0.05) is 18.2 Å². The van der Waals surface area contributed by atoms with Gasteiger partial charge in [0.2, 0.25) is 0 Å². The summed E-state index contributed by atoms with van der Waals surface area (Å²) in [6, 6.07) is 13.4. The minimum atomic E-state index is -3.47. The third-order valence-electron chi connectivity index (χ3n) is 7.51. The predicted octanol–water partition coefficient (Wildman–Crippen LogP) is 6.53. The first kappa shape index (κ1) is 26.8. The van der Waals surface area contributed by atoms with Gasteiger partial charge in [0.15, 0.2) is 15.7 Å². The Morgan fingerprint density at radius 1 is 1.07 bits per heavy atom. The second-order valence-electron chi connectivity index (χ2n) is 10.9. The highest BCUT2D eigenvalue weighted by molar-refractivity contribution is 7.92. The molecular weight excluding hydrogens is 546 g/mol. The van der Waals surface area contributed by atoms with E-state index in [1.165, 1.54) is 0 Å². The minimum absolute atomic E-state index is 0.101. The molecule has 0 aliphatic heterocycles. The number of para-hydroxylation sites is 1. The van der Waals surface area contributed by atoms with Crippen LogP contribution in [-0.2, 0) is 14.6 Å². The van der Waals surface area contributed by atoms with Gasteiger partial charge in [-0.15, -0.1) is 11.3 Å². The normalized spacial score (nSPS) is 19.6. The number of H-pyrrole nitrogens is 1. The van der Waals surface area contributed by atoms with Gasteiger partial charge in [0.1, 0.15) is 0 Å². The lowest BCUT2D eigenvalue weighted by Crippen LogP contribution is -2.38. The number of amides is 1. The molecule has 2 aliphatic carbocycles. The molecule has 40 heavy (non-hydrogen) atoms. The molecule has 9 nitrogen and oxygen atoms in total. The maximum atomic E-state index is 13.5. The molecule has 0 atom stereocenters. The number of thiazole rings is 1. The molecule has 3 N–H and O–H groups in total. The molecule has 0 spiro atoms. The van der Waals surface area contributed by atoms with Crippen LogP contribution in [0.25, 0.3) is 21.3 Å². The monoisotopic (exact) mass is 579 g/mol. The van der Waals surface area contributed by atoms with Crippen LogP contribution in [0.4, 0.5) is 16.3 Å². The van der Waals surface area contributed by atoms with Gasteiger partial charge in [-0.3, -0.25) is 5.10 Å². The standard InChI is InChI=1S/C29H33N5O4S2/c1-17(2)38-29(35)32-19-9-7-18(8-10-19)28-30-16-25(39-28)23-14-11-20(15-26(23)40(36,37)21-12-13-21)31-27-22-5-3-4-6-24(22)33-34-27/h3-6,11,14-19,21H,7-10,12-13H2,1-2H3,(H,32,35)(H2,31,33,34). The topological polar surface area (TPSA) is 126 Å². The van der Waals surface area contributed by atoms with Crippen LogP contribution < -0.4 is 10.6 Å². The largest absolute Gasteiger partial charge is 0.447 e. The molecule has 2 aromatic heterocycles. The number of alkyl carbamates (subject to hydrolysis) is 1. The van der Waals surface area contributed by atoms with Crippen molar-refractivity contribution in [2.24, 2.45) is 0 Å². The van der Waals surface area contributed by atoms with Crippen molar-refractivity contribution in [3.8, 4) is 10.4 Å². The maximum Gasteiger partial charge on any atom is 0.407 e. The third-order valence-corrected chi connectivity index (χ3v) is 11.0. The van der Waals surface area contributed by atoms with Crippen LogP contribution in [0.15, 0.2) is 53.6 Å². The van der Waals surface area contributed by atoms with Crippen molar-refractivity contribution in [1.82, 2.24) is 20.5 Å². The van der Waals surface area contributed by atoms with Crippen molar-refractivity contribution in [2.75, 3.05) is 5.32 Å². The van der Waals surface area contributed by atoms with E-state index in [4.69, 9.17) is 9.72 Å². The molecule has 2 heterocycles. The highest BCUT2D eigenvalue weighted by Crippen LogP contribution is 2.43. The van der Waals surface area contributed by atoms with E-state index in [1.807, 2.05) is 50.2 Å². The zero-order chi connectivity index (χ0) is 27.9. The Morgan fingerprint density at radius 2 is 1.85 bits per heavy atom. The Kier molecular flexibility index (Phi) is 7.26. The molecular formula is C29H33N5O4S2. The van der Waals surface area contributed by atoms with Crippen LogP contribution >= 0.6 is 11.3 Å². The summed E-state index contributed by atoms with van der Waals surface area (Å²) in [7, 11) is -3.47. The number of rotatable bonds is 8. The number of carbonyl (C=O) groups excluding carboxylic acids is 1. The van der Waals surface area contributed by atoms with Gasteiger partial charge in [-0.25, -0.2) is 18.2 Å². The van der Waals surface area contributed by atoms with E-state index in [0.29, 0.717) is 34.8 Å². The van der Waals surface area contributed by atoms with Crippen LogP contribution in [0.1, 0.15) is 63.3 Å². The number of nitrogens with zero attached hydrogens (tertiary/aromatic N) is 2. The molecule has 1 amide bonds. The number of hydrogen-bond acceptors (Lipinski definition) is 8. The lowest BCUT2D eigenvalue weighted by atomic mass is 9.86. The lowest BCUT2D eigenvalue weighted by molar-refractivity contribution is 0.109. The predicted molar refractivity (Wildman–Crippen MR) is 157 cm³/mol. The third kappa shape index (κ3) is 5.57. The van der Waals surface area contributed by atoms with E-state index in [9.17, 15) is 13.2 Å². The minimum Gasteiger partial charge on any atom is -0.447 e. The van der Waals surface area contributed by atoms with E-state index in [-0.39, 0.29) is 29.4 Å². The maximum absolute atomic E-state index is 13.5. The van der Waals surface area contributed by atoms with Crippen molar-refractivity contribution in [3.05, 3.63) is 53.7 Å². The van der Waals surface area contributed by atoms with Crippen molar-refractivity contribution in [3.63, 3.8) is 0 Å². The van der Waals surface area contributed by atoms with Crippen LogP contribution in [0.2, 0.25) is 0 Å². The average Bonchev–Trinajstić information content (AvgIpc) is 3.57. The van der Waals surface area contributed by atoms with E-state index in [0.717, 1.165) is 46.5 Å². The molecule has 0 radical (unpaired) electrons. The van der Waals surface area contributed by atoms with Crippen LogP contribution in [0, 0.1) is 0 Å². The highest BCUT2D eigenvalue weighted by atomic mass is 32.2. The summed E-state index contributed by atoms with van der Waals surface area (Å²) in [6.07, 6.45) is 6.22. The molecule has 6 rings (SSSR count). The van der Waals surface area contributed by atoms with Gasteiger partial charge in [-0.2, -0.15) is 5.10 Å². The highest BCUT2D eigenvalue weighted by Gasteiger charge is 2.39. The Hall–Kier alpha value is -3.44. The smallest absolute Gasteiger partial charge is 0.407 e. The van der Waals surface area contributed by atoms with Crippen molar-refractivity contribution < 1.29 is 17.9 Å². The summed E-state index contributed by atoms with van der Waals surface area (Å²) in [5.74, 6) is 0.941.